The number of aliphatic hydroxyl groups is 1. The van der Waals surface area contributed by atoms with Crippen LogP contribution in [-0.2, 0) is 13.2 Å². The molecule has 2 amide bonds. The van der Waals surface area contributed by atoms with Crippen LogP contribution in [0.2, 0.25) is 0 Å². The summed E-state index contributed by atoms with van der Waals surface area (Å²) in [6.07, 6.45) is 0. The van der Waals surface area contributed by atoms with Crippen LogP contribution in [-0.4, -0.2) is 18.2 Å². The van der Waals surface area contributed by atoms with Crippen molar-refractivity contribution in [3.05, 3.63) is 59.4 Å². The zero-order chi connectivity index (χ0) is 15.9. The van der Waals surface area contributed by atoms with Crippen molar-refractivity contribution in [2.45, 2.75) is 13.2 Å². The van der Waals surface area contributed by atoms with Crippen molar-refractivity contribution in [2.24, 2.45) is 0 Å². The quantitative estimate of drug-likeness (QED) is 0.795. The summed E-state index contributed by atoms with van der Waals surface area (Å²) in [5.41, 5.74) is 1.56. The van der Waals surface area contributed by atoms with Gasteiger partial charge in [0.2, 0.25) is 0 Å². The third-order valence-corrected chi connectivity index (χ3v) is 3.15. The maximum atomic E-state index is 13.6. The molecular formula is C16H17FN2O3. The van der Waals surface area contributed by atoms with E-state index < -0.39 is 11.8 Å². The highest BCUT2D eigenvalue weighted by molar-refractivity contribution is 5.89. The van der Waals surface area contributed by atoms with Crippen LogP contribution in [0.5, 0.6) is 5.75 Å². The van der Waals surface area contributed by atoms with Gasteiger partial charge in [0.05, 0.1) is 19.4 Å². The normalized spacial score (nSPS) is 10.1. The Morgan fingerprint density at radius 1 is 1.23 bits per heavy atom. The van der Waals surface area contributed by atoms with Crippen LogP contribution in [0, 0.1) is 5.82 Å². The van der Waals surface area contributed by atoms with E-state index in [1.807, 2.05) is 6.07 Å². The Kier molecular flexibility index (Phi) is 5.32. The molecule has 0 aliphatic heterocycles. The number of rotatable bonds is 5. The Hall–Kier alpha value is -2.60. The number of methoxy groups -OCH3 is 1. The van der Waals surface area contributed by atoms with Crippen molar-refractivity contribution in [1.29, 1.82) is 0 Å². The molecule has 0 saturated carbocycles. The van der Waals surface area contributed by atoms with Gasteiger partial charge < -0.3 is 20.5 Å². The molecule has 2 aromatic rings. The molecule has 0 bridgehead atoms. The minimum absolute atomic E-state index is 0.0345. The minimum Gasteiger partial charge on any atom is -0.497 e. The molecule has 2 rings (SSSR count). The maximum absolute atomic E-state index is 13.6. The Morgan fingerprint density at radius 2 is 1.95 bits per heavy atom. The topological polar surface area (TPSA) is 70.6 Å². The highest BCUT2D eigenvalue weighted by Crippen LogP contribution is 2.20. The first-order valence-electron chi connectivity index (χ1n) is 6.70. The number of hydrogen-bond donors (Lipinski definition) is 3. The molecule has 0 fully saturated rings. The van der Waals surface area contributed by atoms with Crippen molar-refractivity contribution in [3.8, 4) is 5.75 Å². The van der Waals surface area contributed by atoms with E-state index in [0.717, 1.165) is 11.1 Å². The van der Waals surface area contributed by atoms with Crippen molar-refractivity contribution < 1.29 is 19.0 Å². The molecule has 0 aliphatic rings. The van der Waals surface area contributed by atoms with Gasteiger partial charge in [-0.15, -0.1) is 0 Å². The summed E-state index contributed by atoms with van der Waals surface area (Å²) in [6.45, 7) is 0.123. The number of anilines is 1. The number of hydrogen-bond acceptors (Lipinski definition) is 3. The second-order valence-electron chi connectivity index (χ2n) is 4.58. The molecule has 0 aromatic heterocycles. The number of halogens is 1. The first kappa shape index (κ1) is 15.8. The molecule has 6 heteroatoms. The lowest BCUT2D eigenvalue weighted by molar-refractivity contribution is 0.251. The van der Waals surface area contributed by atoms with Crippen molar-refractivity contribution in [3.63, 3.8) is 0 Å². The molecule has 0 saturated heterocycles. The lowest BCUT2D eigenvalue weighted by Crippen LogP contribution is -2.29. The van der Waals surface area contributed by atoms with Gasteiger partial charge in [-0.25, -0.2) is 9.18 Å². The molecule has 0 heterocycles. The van der Waals surface area contributed by atoms with Gasteiger partial charge in [-0.3, -0.25) is 0 Å². The second-order valence-corrected chi connectivity index (χ2v) is 4.58. The lowest BCUT2D eigenvalue weighted by Gasteiger charge is -2.11. The average Bonchev–Trinajstić information content (AvgIpc) is 2.55. The van der Waals surface area contributed by atoms with E-state index in [-0.39, 0.29) is 18.8 Å². The highest BCUT2D eigenvalue weighted by atomic mass is 19.1. The highest BCUT2D eigenvalue weighted by Gasteiger charge is 2.09. The van der Waals surface area contributed by atoms with E-state index in [2.05, 4.69) is 10.6 Å². The smallest absolute Gasteiger partial charge is 0.319 e. The first-order valence-corrected chi connectivity index (χ1v) is 6.70. The van der Waals surface area contributed by atoms with Gasteiger partial charge in [0.25, 0.3) is 0 Å². The molecule has 22 heavy (non-hydrogen) atoms. The predicted octanol–water partition coefficient (Wildman–Crippen LogP) is 2.65. The summed E-state index contributed by atoms with van der Waals surface area (Å²) < 4.78 is 18.6. The van der Waals surface area contributed by atoms with Crippen molar-refractivity contribution in [2.75, 3.05) is 12.4 Å². The van der Waals surface area contributed by atoms with Gasteiger partial charge in [-0.05, 0) is 23.3 Å². The molecule has 2 aromatic carbocycles. The fourth-order valence-corrected chi connectivity index (χ4v) is 1.95. The van der Waals surface area contributed by atoms with E-state index in [1.165, 1.54) is 25.3 Å². The second kappa shape index (κ2) is 7.42. The number of ether oxygens (including phenoxy) is 1. The zero-order valence-corrected chi connectivity index (χ0v) is 12.1. The van der Waals surface area contributed by atoms with Crippen molar-refractivity contribution >= 4 is 11.7 Å². The third kappa shape index (κ3) is 3.95. The van der Waals surface area contributed by atoms with Crippen LogP contribution in [0.4, 0.5) is 14.9 Å². The molecule has 5 nitrogen and oxygen atoms in total. The fraction of sp³-hybridized carbons (Fsp3) is 0.188. The van der Waals surface area contributed by atoms with Gasteiger partial charge in [0.15, 0.2) is 0 Å². The molecule has 0 atom stereocenters. The van der Waals surface area contributed by atoms with Gasteiger partial charge in [-0.1, -0.05) is 24.3 Å². The molecule has 116 valence electrons. The zero-order valence-electron chi connectivity index (χ0n) is 12.1. The molecule has 3 N–H and O–H groups in total. The molecular weight excluding hydrogens is 287 g/mol. The van der Waals surface area contributed by atoms with Gasteiger partial charge in [-0.2, -0.15) is 0 Å². The number of carbonyl (C=O) groups is 1. The summed E-state index contributed by atoms with van der Waals surface area (Å²) in [7, 11) is 1.46. The monoisotopic (exact) mass is 304 g/mol. The maximum Gasteiger partial charge on any atom is 0.319 e. The van der Waals surface area contributed by atoms with Crippen LogP contribution in [0.1, 0.15) is 11.1 Å². The number of amides is 2. The predicted molar refractivity (Wildman–Crippen MR) is 81.2 cm³/mol. The van der Waals surface area contributed by atoms with E-state index in [0.29, 0.717) is 5.75 Å². The van der Waals surface area contributed by atoms with Crippen LogP contribution in [0.25, 0.3) is 0 Å². The van der Waals surface area contributed by atoms with Gasteiger partial charge >= 0.3 is 6.03 Å². The number of benzene rings is 2. The lowest BCUT2D eigenvalue weighted by atomic mass is 10.1. The number of aliphatic hydroxyl groups excluding tert-OH is 1. The van der Waals surface area contributed by atoms with E-state index in [9.17, 15) is 14.3 Å². The summed E-state index contributed by atoms with van der Waals surface area (Å²) in [5, 5.41) is 14.3. The largest absolute Gasteiger partial charge is 0.497 e. The van der Waals surface area contributed by atoms with E-state index in [1.54, 1.807) is 18.2 Å². The minimum atomic E-state index is -0.549. The standard InChI is InChI=1S/C16H17FN2O3/c1-22-13-6-7-14(17)15(8-13)19-16(21)18-9-11-4-2-3-5-12(11)10-20/h2-8,20H,9-10H2,1H3,(H2,18,19,21). The van der Waals surface area contributed by atoms with E-state index >= 15 is 0 Å². The number of urea groups is 1. The van der Waals surface area contributed by atoms with Gasteiger partial charge in [0, 0.05) is 12.6 Å². The first-order chi connectivity index (χ1) is 10.6. The van der Waals surface area contributed by atoms with Gasteiger partial charge in [0.1, 0.15) is 11.6 Å². The summed E-state index contributed by atoms with van der Waals surface area (Å²) in [5.74, 6) is -0.103. The van der Waals surface area contributed by atoms with E-state index in [4.69, 9.17) is 4.74 Å². The molecule has 0 aliphatic carbocycles. The summed E-state index contributed by atoms with van der Waals surface area (Å²) in [4.78, 5) is 11.8. The van der Waals surface area contributed by atoms with Crippen LogP contribution >= 0.6 is 0 Å². The van der Waals surface area contributed by atoms with Crippen LogP contribution in [0.15, 0.2) is 42.5 Å². The Labute approximate surface area is 127 Å². The number of nitrogens with one attached hydrogen (secondary N) is 2. The number of carbonyl (C=O) groups excluding carboxylic acids is 1. The SMILES string of the molecule is COc1ccc(F)c(NC(=O)NCc2ccccc2CO)c1. The van der Waals surface area contributed by atoms with Crippen LogP contribution < -0.4 is 15.4 Å². The average molecular weight is 304 g/mol. The molecule has 0 spiro atoms. The Bertz CT molecular complexity index is 662. The Morgan fingerprint density at radius 3 is 2.64 bits per heavy atom. The molecule has 0 unspecified atom stereocenters. The summed E-state index contributed by atoms with van der Waals surface area (Å²) >= 11 is 0. The summed E-state index contributed by atoms with van der Waals surface area (Å²) in [6, 6.07) is 10.7. The van der Waals surface area contributed by atoms with Crippen LogP contribution in [0.3, 0.4) is 0 Å². The Balaban J connectivity index is 1.99. The fourth-order valence-electron chi connectivity index (χ4n) is 1.95. The third-order valence-electron chi connectivity index (χ3n) is 3.15. The van der Waals surface area contributed by atoms with Crippen molar-refractivity contribution in [1.82, 2.24) is 5.32 Å². The molecule has 0 radical (unpaired) electrons.